The van der Waals surface area contributed by atoms with E-state index in [1.165, 1.54) is 18.5 Å². The zero-order valence-corrected chi connectivity index (χ0v) is 15.5. The highest BCUT2D eigenvalue weighted by Crippen LogP contribution is 2.29. The third kappa shape index (κ3) is 5.26. The second-order valence-electron chi connectivity index (χ2n) is 6.27. The third-order valence-electron chi connectivity index (χ3n) is 4.03. The SMILES string of the molecule is Nc1ncnc(N)c1C#Cc1cccc(NC(=O)Cc2ccc(C(F)(F)F)cc2)c1. The Kier molecular flexibility index (Phi) is 5.88. The van der Waals surface area contributed by atoms with Gasteiger partial charge >= 0.3 is 6.18 Å². The Balaban J connectivity index is 1.68. The van der Waals surface area contributed by atoms with Gasteiger partial charge in [-0.1, -0.05) is 30.0 Å². The van der Waals surface area contributed by atoms with E-state index in [-0.39, 0.29) is 24.0 Å². The molecule has 3 aromatic rings. The maximum atomic E-state index is 12.6. The van der Waals surface area contributed by atoms with Gasteiger partial charge in [-0.2, -0.15) is 13.2 Å². The molecule has 3 rings (SSSR count). The smallest absolute Gasteiger partial charge is 0.382 e. The first kappa shape index (κ1) is 20.7. The fourth-order valence-corrected chi connectivity index (χ4v) is 2.55. The van der Waals surface area contributed by atoms with Crippen molar-refractivity contribution in [3.05, 3.63) is 77.1 Å². The lowest BCUT2D eigenvalue weighted by Crippen LogP contribution is -2.14. The van der Waals surface area contributed by atoms with Crippen LogP contribution in [0.3, 0.4) is 0 Å². The normalized spacial score (nSPS) is 10.8. The molecule has 5 N–H and O–H groups in total. The molecule has 0 saturated heterocycles. The largest absolute Gasteiger partial charge is 0.416 e. The number of anilines is 3. The number of nitrogens with two attached hydrogens (primary N) is 2. The van der Waals surface area contributed by atoms with Crippen LogP contribution in [0.25, 0.3) is 0 Å². The number of carbonyl (C=O) groups is 1. The molecule has 0 radical (unpaired) electrons. The molecule has 0 aliphatic rings. The first-order valence-electron chi connectivity index (χ1n) is 8.66. The number of hydrogen-bond acceptors (Lipinski definition) is 5. The summed E-state index contributed by atoms with van der Waals surface area (Å²) in [5.74, 6) is 5.64. The lowest BCUT2D eigenvalue weighted by molar-refractivity contribution is -0.137. The number of amides is 1. The summed E-state index contributed by atoms with van der Waals surface area (Å²) in [6, 6.07) is 11.2. The lowest BCUT2D eigenvalue weighted by atomic mass is 10.1. The Bertz CT molecular complexity index is 1110. The Hall–Kier alpha value is -4.06. The highest BCUT2D eigenvalue weighted by Gasteiger charge is 2.29. The number of carbonyl (C=O) groups excluding carboxylic acids is 1. The summed E-state index contributed by atoms with van der Waals surface area (Å²) in [5, 5.41) is 2.69. The maximum absolute atomic E-state index is 12.6. The van der Waals surface area contributed by atoms with E-state index in [0.717, 1.165) is 12.1 Å². The van der Waals surface area contributed by atoms with Gasteiger partial charge in [0.25, 0.3) is 0 Å². The van der Waals surface area contributed by atoms with Crippen molar-refractivity contribution in [3.8, 4) is 11.8 Å². The van der Waals surface area contributed by atoms with Gasteiger partial charge in [-0.15, -0.1) is 0 Å². The minimum absolute atomic E-state index is 0.0670. The number of nitrogens with one attached hydrogen (secondary N) is 1. The van der Waals surface area contributed by atoms with Crippen LogP contribution in [0.4, 0.5) is 30.5 Å². The minimum atomic E-state index is -4.41. The lowest BCUT2D eigenvalue weighted by Gasteiger charge is -2.08. The number of aromatic nitrogens is 2. The van der Waals surface area contributed by atoms with Crippen molar-refractivity contribution in [2.24, 2.45) is 0 Å². The fraction of sp³-hybridized carbons (Fsp3) is 0.0952. The zero-order chi connectivity index (χ0) is 21.7. The van der Waals surface area contributed by atoms with E-state index >= 15 is 0 Å². The van der Waals surface area contributed by atoms with E-state index in [1.54, 1.807) is 24.3 Å². The molecule has 0 unspecified atom stereocenters. The number of hydrogen-bond donors (Lipinski definition) is 3. The first-order valence-corrected chi connectivity index (χ1v) is 8.66. The molecule has 1 amide bonds. The average molecular weight is 411 g/mol. The van der Waals surface area contributed by atoms with Gasteiger partial charge in [-0.05, 0) is 35.9 Å². The number of alkyl halides is 3. The van der Waals surface area contributed by atoms with Gasteiger partial charge in [0.05, 0.1) is 12.0 Å². The standard InChI is InChI=1S/C21H16F3N5O/c22-21(23,24)15-7-4-14(5-8-15)11-18(30)29-16-3-1-2-13(10-16)6-9-17-19(25)27-12-28-20(17)26/h1-5,7-8,10,12H,11H2,(H,29,30)(H4,25,26,27,28). The predicted molar refractivity (Wildman–Crippen MR) is 107 cm³/mol. The van der Waals surface area contributed by atoms with Crippen LogP contribution in [0, 0.1) is 11.8 Å². The van der Waals surface area contributed by atoms with Gasteiger partial charge in [0, 0.05) is 11.3 Å². The van der Waals surface area contributed by atoms with Crippen LogP contribution in [-0.4, -0.2) is 15.9 Å². The van der Waals surface area contributed by atoms with Crippen LogP contribution in [0.2, 0.25) is 0 Å². The number of nitrogens with zero attached hydrogens (tertiary/aromatic N) is 2. The molecule has 9 heteroatoms. The number of rotatable bonds is 3. The van der Waals surface area contributed by atoms with Gasteiger partial charge < -0.3 is 16.8 Å². The van der Waals surface area contributed by atoms with Gasteiger partial charge in [0.15, 0.2) is 0 Å². The Morgan fingerprint density at radius 2 is 1.67 bits per heavy atom. The molecular formula is C21H16F3N5O. The first-order chi connectivity index (χ1) is 14.2. The van der Waals surface area contributed by atoms with Crippen LogP contribution >= 0.6 is 0 Å². The molecule has 1 heterocycles. The predicted octanol–water partition coefficient (Wildman–Crippen LogP) is 3.24. The van der Waals surface area contributed by atoms with Crippen molar-refractivity contribution in [2.45, 2.75) is 12.6 Å². The molecule has 0 atom stereocenters. The van der Waals surface area contributed by atoms with E-state index < -0.39 is 11.7 Å². The highest BCUT2D eigenvalue weighted by atomic mass is 19.4. The second-order valence-corrected chi connectivity index (χ2v) is 6.27. The van der Waals surface area contributed by atoms with Crippen molar-refractivity contribution in [3.63, 3.8) is 0 Å². The molecule has 152 valence electrons. The molecule has 0 bridgehead atoms. The topological polar surface area (TPSA) is 107 Å². The average Bonchev–Trinajstić information content (AvgIpc) is 2.67. The van der Waals surface area contributed by atoms with Crippen LogP contribution in [0.5, 0.6) is 0 Å². The van der Waals surface area contributed by atoms with Gasteiger partial charge in [-0.25, -0.2) is 9.97 Å². The van der Waals surface area contributed by atoms with Crippen molar-refractivity contribution in [2.75, 3.05) is 16.8 Å². The molecule has 0 saturated carbocycles. The quantitative estimate of drug-likeness (QED) is 0.574. The van der Waals surface area contributed by atoms with Crippen molar-refractivity contribution in [1.82, 2.24) is 9.97 Å². The summed E-state index contributed by atoms with van der Waals surface area (Å²) < 4.78 is 37.8. The van der Waals surface area contributed by atoms with Crippen molar-refractivity contribution < 1.29 is 18.0 Å². The van der Waals surface area contributed by atoms with Gasteiger partial charge in [-0.3, -0.25) is 4.79 Å². The summed E-state index contributed by atoms with van der Waals surface area (Å²) >= 11 is 0. The molecule has 2 aromatic carbocycles. The summed E-state index contributed by atoms with van der Waals surface area (Å²) in [6.45, 7) is 0. The van der Waals surface area contributed by atoms with Crippen molar-refractivity contribution in [1.29, 1.82) is 0 Å². The molecule has 30 heavy (non-hydrogen) atoms. The van der Waals surface area contributed by atoms with Crippen molar-refractivity contribution >= 4 is 23.2 Å². The number of nitrogen functional groups attached to an aromatic ring is 2. The third-order valence-corrected chi connectivity index (χ3v) is 4.03. The van der Waals surface area contributed by atoms with E-state index in [0.29, 0.717) is 22.4 Å². The highest BCUT2D eigenvalue weighted by molar-refractivity contribution is 5.92. The van der Waals surface area contributed by atoms with E-state index in [4.69, 9.17) is 11.5 Å². The number of halogens is 3. The van der Waals surface area contributed by atoms with Crippen LogP contribution in [-0.2, 0) is 17.4 Å². The molecular weight excluding hydrogens is 395 g/mol. The van der Waals surface area contributed by atoms with Crippen LogP contribution in [0.15, 0.2) is 54.9 Å². The Labute approximate surface area is 170 Å². The summed E-state index contributed by atoms with van der Waals surface area (Å²) in [6.07, 6.45) is -3.24. The molecule has 0 aliphatic heterocycles. The molecule has 1 aromatic heterocycles. The zero-order valence-electron chi connectivity index (χ0n) is 15.5. The molecule has 0 fully saturated rings. The van der Waals surface area contributed by atoms with Crippen LogP contribution in [0.1, 0.15) is 22.3 Å². The summed E-state index contributed by atoms with van der Waals surface area (Å²) in [5.41, 5.74) is 12.6. The monoisotopic (exact) mass is 411 g/mol. The summed E-state index contributed by atoms with van der Waals surface area (Å²) in [7, 11) is 0. The van der Waals surface area contributed by atoms with E-state index in [2.05, 4.69) is 27.1 Å². The molecule has 0 spiro atoms. The Morgan fingerprint density at radius 3 is 2.30 bits per heavy atom. The number of benzene rings is 2. The van der Waals surface area contributed by atoms with Gasteiger partial charge in [0.2, 0.25) is 5.91 Å². The van der Waals surface area contributed by atoms with Crippen LogP contribution < -0.4 is 16.8 Å². The fourth-order valence-electron chi connectivity index (χ4n) is 2.55. The second kappa shape index (κ2) is 8.53. The van der Waals surface area contributed by atoms with E-state index in [9.17, 15) is 18.0 Å². The van der Waals surface area contributed by atoms with Gasteiger partial charge in [0.1, 0.15) is 23.5 Å². The minimum Gasteiger partial charge on any atom is -0.382 e. The summed E-state index contributed by atoms with van der Waals surface area (Å²) in [4.78, 5) is 19.9. The van der Waals surface area contributed by atoms with E-state index in [1.807, 2.05) is 0 Å². The Morgan fingerprint density at radius 1 is 1.00 bits per heavy atom. The molecule has 0 aliphatic carbocycles. The maximum Gasteiger partial charge on any atom is 0.416 e. The molecule has 6 nitrogen and oxygen atoms in total.